The van der Waals surface area contributed by atoms with Gasteiger partial charge in [0.1, 0.15) is 17.4 Å². The Morgan fingerprint density at radius 3 is 2.59 bits per heavy atom. The Balaban J connectivity index is 2.36. The SMILES string of the molecule is COc1cc(C2C(C#N)=C(N)Oc3cc(C)n(C)c(=O)c32)cc(Br)c1OC. The fourth-order valence-corrected chi connectivity index (χ4v) is 3.80. The van der Waals surface area contributed by atoms with Crippen molar-refractivity contribution in [1.29, 1.82) is 5.26 Å². The van der Waals surface area contributed by atoms with Crippen molar-refractivity contribution in [1.82, 2.24) is 4.57 Å². The van der Waals surface area contributed by atoms with Crippen LogP contribution in [0.3, 0.4) is 0 Å². The summed E-state index contributed by atoms with van der Waals surface area (Å²) in [5, 5.41) is 9.69. The maximum Gasteiger partial charge on any atom is 0.258 e. The van der Waals surface area contributed by atoms with E-state index in [0.29, 0.717) is 32.8 Å². The number of halogens is 1. The summed E-state index contributed by atoms with van der Waals surface area (Å²) in [5.41, 5.74) is 7.65. The Hall–Kier alpha value is -2.92. The van der Waals surface area contributed by atoms with Crippen LogP contribution in [-0.2, 0) is 7.05 Å². The largest absolute Gasteiger partial charge is 0.493 e. The summed E-state index contributed by atoms with van der Waals surface area (Å²) >= 11 is 3.46. The molecule has 0 fully saturated rings. The summed E-state index contributed by atoms with van der Waals surface area (Å²) in [6.45, 7) is 1.80. The van der Waals surface area contributed by atoms with Gasteiger partial charge in [-0.25, -0.2) is 0 Å². The molecule has 0 saturated carbocycles. The Bertz CT molecular complexity index is 1070. The quantitative estimate of drug-likeness (QED) is 0.801. The lowest BCUT2D eigenvalue weighted by Gasteiger charge is -2.27. The molecular formula is C19H18BrN3O4. The molecule has 1 aliphatic heterocycles. The minimum Gasteiger partial charge on any atom is -0.493 e. The molecular weight excluding hydrogens is 414 g/mol. The fourth-order valence-electron chi connectivity index (χ4n) is 3.18. The Labute approximate surface area is 164 Å². The van der Waals surface area contributed by atoms with E-state index in [-0.39, 0.29) is 17.0 Å². The molecule has 8 heteroatoms. The number of aromatic nitrogens is 1. The first-order valence-electron chi connectivity index (χ1n) is 8.03. The van der Waals surface area contributed by atoms with Crippen LogP contribution >= 0.6 is 15.9 Å². The fraction of sp³-hybridized carbons (Fsp3) is 0.263. The molecule has 7 nitrogen and oxygen atoms in total. The highest BCUT2D eigenvalue weighted by Gasteiger charge is 2.35. The molecule has 27 heavy (non-hydrogen) atoms. The van der Waals surface area contributed by atoms with Crippen LogP contribution in [0.2, 0.25) is 0 Å². The van der Waals surface area contributed by atoms with Crippen molar-refractivity contribution in [3.63, 3.8) is 0 Å². The number of benzene rings is 1. The number of ether oxygens (including phenoxy) is 3. The zero-order chi connectivity index (χ0) is 19.9. The first-order valence-corrected chi connectivity index (χ1v) is 8.82. The number of methoxy groups -OCH3 is 2. The van der Waals surface area contributed by atoms with E-state index in [0.717, 1.165) is 5.69 Å². The Kier molecular flexibility index (Phi) is 4.89. The number of allylic oxidation sites excluding steroid dienone is 1. The number of aryl methyl sites for hydroxylation is 1. The average Bonchev–Trinajstić information content (AvgIpc) is 2.64. The molecule has 1 aliphatic rings. The molecule has 2 heterocycles. The van der Waals surface area contributed by atoms with Gasteiger partial charge in [-0.05, 0) is 40.5 Å². The van der Waals surface area contributed by atoms with Gasteiger partial charge in [-0.3, -0.25) is 4.79 Å². The van der Waals surface area contributed by atoms with E-state index >= 15 is 0 Å². The summed E-state index contributed by atoms with van der Waals surface area (Å²) in [5.74, 6) is 0.626. The molecule has 2 N–H and O–H groups in total. The molecule has 1 unspecified atom stereocenters. The minimum atomic E-state index is -0.686. The van der Waals surface area contributed by atoms with Crippen molar-refractivity contribution >= 4 is 15.9 Å². The van der Waals surface area contributed by atoms with E-state index in [9.17, 15) is 10.1 Å². The zero-order valence-electron chi connectivity index (χ0n) is 15.3. The highest BCUT2D eigenvalue weighted by atomic mass is 79.9. The predicted octanol–water partition coefficient (Wildman–Crippen LogP) is 2.69. The third-order valence-electron chi connectivity index (χ3n) is 4.64. The van der Waals surface area contributed by atoms with E-state index in [2.05, 4.69) is 22.0 Å². The first kappa shape index (κ1) is 18.9. The predicted molar refractivity (Wildman–Crippen MR) is 103 cm³/mol. The number of fused-ring (bicyclic) bond motifs is 1. The van der Waals surface area contributed by atoms with Crippen LogP contribution in [-0.4, -0.2) is 18.8 Å². The number of pyridine rings is 1. The van der Waals surface area contributed by atoms with Crippen LogP contribution in [0, 0.1) is 18.3 Å². The van der Waals surface area contributed by atoms with E-state index in [1.54, 1.807) is 32.2 Å². The van der Waals surface area contributed by atoms with E-state index in [1.165, 1.54) is 18.8 Å². The topological polar surface area (TPSA) is 99.5 Å². The second-order valence-corrected chi connectivity index (χ2v) is 6.95. The molecule has 0 amide bonds. The highest BCUT2D eigenvalue weighted by Crippen LogP contribution is 2.45. The van der Waals surface area contributed by atoms with Crippen molar-refractivity contribution in [3.05, 3.63) is 61.3 Å². The van der Waals surface area contributed by atoms with E-state index < -0.39 is 5.92 Å². The smallest absolute Gasteiger partial charge is 0.258 e. The Morgan fingerprint density at radius 2 is 2.00 bits per heavy atom. The maximum absolute atomic E-state index is 13.0. The summed E-state index contributed by atoms with van der Waals surface area (Å²) in [7, 11) is 4.72. The van der Waals surface area contributed by atoms with Crippen molar-refractivity contribution in [2.24, 2.45) is 12.8 Å². The van der Waals surface area contributed by atoms with Crippen molar-refractivity contribution in [2.75, 3.05) is 14.2 Å². The molecule has 0 radical (unpaired) electrons. The molecule has 1 aromatic carbocycles. The third-order valence-corrected chi connectivity index (χ3v) is 5.23. The molecule has 0 saturated heterocycles. The molecule has 0 spiro atoms. The standard InChI is InChI=1S/C19H18BrN3O4/c1-9-5-13-16(19(24)23(9)2)15(11(8-21)18(22)27-13)10-6-12(20)17(26-4)14(7-10)25-3/h5-7,15H,22H2,1-4H3. The molecule has 2 aromatic rings. The zero-order valence-corrected chi connectivity index (χ0v) is 16.9. The van der Waals surface area contributed by atoms with E-state index in [4.69, 9.17) is 19.9 Å². The number of nitrogens with zero attached hydrogens (tertiary/aromatic N) is 2. The molecule has 1 aromatic heterocycles. The monoisotopic (exact) mass is 431 g/mol. The summed E-state index contributed by atoms with van der Waals surface area (Å²) < 4.78 is 18.5. The van der Waals surface area contributed by atoms with Gasteiger partial charge in [0.05, 0.1) is 30.2 Å². The maximum atomic E-state index is 13.0. The van der Waals surface area contributed by atoms with Crippen LogP contribution in [0.25, 0.3) is 0 Å². The van der Waals surface area contributed by atoms with Gasteiger partial charge in [-0.15, -0.1) is 0 Å². The van der Waals surface area contributed by atoms with Crippen LogP contribution in [0.15, 0.2) is 38.9 Å². The van der Waals surface area contributed by atoms with Gasteiger partial charge in [0, 0.05) is 18.8 Å². The molecule has 3 rings (SSSR count). The lowest BCUT2D eigenvalue weighted by Crippen LogP contribution is -2.31. The van der Waals surface area contributed by atoms with Gasteiger partial charge in [-0.2, -0.15) is 5.26 Å². The van der Waals surface area contributed by atoms with E-state index in [1.807, 2.05) is 0 Å². The van der Waals surface area contributed by atoms with Crippen LogP contribution < -0.4 is 25.5 Å². The molecule has 0 aliphatic carbocycles. The van der Waals surface area contributed by atoms with Gasteiger partial charge in [0.25, 0.3) is 5.56 Å². The van der Waals surface area contributed by atoms with Gasteiger partial charge < -0.3 is 24.5 Å². The van der Waals surface area contributed by atoms with Crippen LogP contribution in [0.5, 0.6) is 17.2 Å². The second-order valence-electron chi connectivity index (χ2n) is 6.09. The summed E-state index contributed by atoms with van der Waals surface area (Å²) in [6, 6.07) is 7.33. The summed E-state index contributed by atoms with van der Waals surface area (Å²) in [4.78, 5) is 13.0. The van der Waals surface area contributed by atoms with Crippen molar-refractivity contribution in [3.8, 4) is 23.3 Å². The molecule has 0 bridgehead atoms. The second kappa shape index (κ2) is 7.00. The lowest BCUT2D eigenvalue weighted by molar-refractivity contribution is 0.352. The summed E-state index contributed by atoms with van der Waals surface area (Å²) in [6.07, 6.45) is 0. The molecule has 1 atom stereocenters. The lowest BCUT2D eigenvalue weighted by atomic mass is 9.84. The molecule has 140 valence electrons. The number of hydrogen-bond donors (Lipinski definition) is 1. The number of nitriles is 1. The average molecular weight is 432 g/mol. The van der Waals surface area contributed by atoms with Gasteiger partial charge in [-0.1, -0.05) is 0 Å². The van der Waals surface area contributed by atoms with Gasteiger partial charge in [0.2, 0.25) is 5.88 Å². The number of hydrogen-bond acceptors (Lipinski definition) is 6. The normalized spacial score (nSPS) is 15.6. The number of rotatable bonds is 3. The van der Waals surface area contributed by atoms with Crippen LogP contribution in [0.4, 0.5) is 0 Å². The highest BCUT2D eigenvalue weighted by molar-refractivity contribution is 9.10. The number of nitrogens with two attached hydrogens (primary N) is 1. The minimum absolute atomic E-state index is 0.0199. The third kappa shape index (κ3) is 2.94. The van der Waals surface area contributed by atoms with Gasteiger partial charge >= 0.3 is 0 Å². The van der Waals surface area contributed by atoms with Crippen molar-refractivity contribution < 1.29 is 14.2 Å². The van der Waals surface area contributed by atoms with Crippen LogP contribution in [0.1, 0.15) is 22.7 Å². The first-order chi connectivity index (χ1) is 12.8. The Morgan fingerprint density at radius 1 is 1.30 bits per heavy atom. The van der Waals surface area contributed by atoms with Crippen molar-refractivity contribution in [2.45, 2.75) is 12.8 Å². The van der Waals surface area contributed by atoms with Gasteiger partial charge in [0.15, 0.2) is 11.5 Å².